The van der Waals surface area contributed by atoms with Gasteiger partial charge in [0.1, 0.15) is 0 Å². The van der Waals surface area contributed by atoms with Crippen LogP contribution in [-0.2, 0) is 6.54 Å². The van der Waals surface area contributed by atoms with E-state index in [9.17, 15) is 0 Å². The number of thiophene rings is 1. The van der Waals surface area contributed by atoms with Gasteiger partial charge in [0.05, 0.1) is 5.02 Å². The van der Waals surface area contributed by atoms with E-state index in [2.05, 4.69) is 4.90 Å². The fourth-order valence-corrected chi connectivity index (χ4v) is 2.78. The van der Waals surface area contributed by atoms with Crippen molar-refractivity contribution in [1.82, 2.24) is 4.90 Å². The van der Waals surface area contributed by atoms with E-state index in [0.29, 0.717) is 6.04 Å². The van der Waals surface area contributed by atoms with Crippen LogP contribution < -0.4 is 5.73 Å². The van der Waals surface area contributed by atoms with Gasteiger partial charge in [-0.25, -0.2) is 0 Å². The molecule has 2 rings (SSSR count). The second-order valence-electron chi connectivity index (χ2n) is 3.48. The van der Waals surface area contributed by atoms with E-state index in [1.54, 1.807) is 11.3 Å². The Morgan fingerprint density at radius 1 is 1.69 bits per heavy atom. The minimum absolute atomic E-state index is 0.360. The molecule has 0 aromatic carbocycles. The summed E-state index contributed by atoms with van der Waals surface area (Å²) in [6, 6.07) is 2.32. The van der Waals surface area contributed by atoms with Crippen LogP contribution in [0.1, 0.15) is 11.3 Å². The Kier molecular flexibility index (Phi) is 2.89. The monoisotopic (exact) mass is 216 g/mol. The number of likely N-dealkylation sites (tertiary alicyclic amines) is 1. The summed E-state index contributed by atoms with van der Waals surface area (Å²) in [6.45, 7) is 3.08. The maximum atomic E-state index is 6.01. The number of hydrogen-bond donors (Lipinski definition) is 1. The van der Waals surface area contributed by atoms with Gasteiger partial charge in [-0.3, -0.25) is 4.90 Å². The molecule has 1 fully saturated rings. The Labute approximate surface area is 87.3 Å². The zero-order valence-electron chi connectivity index (χ0n) is 7.37. The van der Waals surface area contributed by atoms with Crippen molar-refractivity contribution in [2.24, 2.45) is 5.73 Å². The molecule has 0 bridgehead atoms. The lowest BCUT2D eigenvalue weighted by Crippen LogP contribution is -2.25. The summed E-state index contributed by atoms with van der Waals surface area (Å²) in [5.41, 5.74) is 5.82. The molecular formula is C9H13ClN2S. The highest BCUT2D eigenvalue weighted by molar-refractivity contribution is 7.10. The van der Waals surface area contributed by atoms with Crippen molar-refractivity contribution in [3.8, 4) is 0 Å². The SMILES string of the molecule is N[C@H]1CCN(Cc2sccc2Cl)C1. The summed E-state index contributed by atoms with van der Waals surface area (Å²) in [6.07, 6.45) is 1.11. The van der Waals surface area contributed by atoms with Crippen molar-refractivity contribution in [1.29, 1.82) is 0 Å². The molecule has 0 aliphatic carbocycles. The Hall–Kier alpha value is -0.0900. The third kappa shape index (κ3) is 2.23. The van der Waals surface area contributed by atoms with Gasteiger partial charge < -0.3 is 5.73 Å². The minimum Gasteiger partial charge on any atom is -0.326 e. The zero-order valence-corrected chi connectivity index (χ0v) is 8.94. The van der Waals surface area contributed by atoms with E-state index in [1.807, 2.05) is 11.4 Å². The van der Waals surface area contributed by atoms with E-state index in [1.165, 1.54) is 4.88 Å². The summed E-state index contributed by atoms with van der Waals surface area (Å²) < 4.78 is 0. The molecule has 1 aliphatic heterocycles. The number of halogens is 1. The number of nitrogens with zero attached hydrogens (tertiary/aromatic N) is 1. The fraction of sp³-hybridized carbons (Fsp3) is 0.556. The van der Waals surface area contributed by atoms with Crippen molar-refractivity contribution in [3.63, 3.8) is 0 Å². The summed E-state index contributed by atoms with van der Waals surface area (Å²) in [5.74, 6) is 0. The maximum Gasteiger partial charge on any atom is 0.0558 e. The van der Waals surface area contributed by atoms with Gasteiger partial charge in [-0.2, -0.15) is 0 Å². The molecule has 2 heterocycles. The topological polar surface area (TPSA) is 29.3 Å². The molecule has 1 saturated heterocycles. The van der Waals surface area contributed by atoms with Crippen molar-refractivity contribution in [2.45, 2.75) is 19.0 Å². The molecule has 13 heavy (non-hydrogen) atoms. The van der Waals surface area contributed by atoms with Crippen LogP contribution in [-0.4, -0.2) is 24.0 Å². The molecule has 4 heteroatoms. The molecule has 1 aliphatic rings. The lowest BCUT2D eigenvalue weighted by Gasteiger charge is -2.13. The molecule has 72 valence electrons. The highest BCUT2D eigenvalue weighted by Gasteiger charge is 2.19. The average molecular weight is 217 g/mol. The highest BCUT2D eigenvalue weighted by atomic mass is 35.5. The normalized spacial score (nSPS) is 24.0. The molecule has 2 nitrogen and oxygen atoms in total. The van der Waals surface area contributed by atoms with Crippen LogP contribution in [0.15, 0.2) is 11.4 Å². The summed E-state index contributed by atoms with van der Waals surface area (Å²) in [4.78, 5) is 3.62. The molecule has 1 atom stereocenters. The summed E-state index contributed by atoms with van der Waals surface area (Å²) in [5, 5.41) is 2.93. The molecule has 2 N–H and O–H groups in total. The predicted molar refractivity (Wildman–Crippen MR) is 57.2 cm³/mol. The van der Waals surface area contributed by atoms with Crippen LogP contribution in [0.2, 0.25) is 5.02 Å². The van der Waals surface area contributed by atoms with Gasteiger partial charge in [-0.05, 0) is 17.9 Å². The molecule has 0 radical (unpaired) electrons. The molecule has 1 aromatic heterocycles. The standard InChI is InChI=1S/C9H13ClN2S/c10-8-2-4-13-9(8)6-12-3-1-7(11)5-12/h2,4,7H,1,3,5-6,11H2/t7-/m0/s1. The second-order valence-corrected chi connectivity index (χ2v) is 4.88. The van der Waals surface area contributed by atoms with Gasteiger partial charge in [0, 0.05) is 30.6 Å². The van der Waals surface area contributed by atoms with Crippen LogP contribution in [0.25, 0.3) is 0 Å². The third-order valence-electron chi connectivity index (χ3n) is 2.37. The van der Waals surface area contributed by atoms with Crippen molar-refractivity contribution in [3.05, 3.63) is 21.3 Å². The zero-order chi connectivity index (χ0) is 9.26. The summed E-state index contributed by atoms with van der Waals surface area (Å²) >= 11 is 7.73. The molecule has 1 aromatic rings. The highest BCUT2D eigenvalue weighted by Crippen LogP contribution is 2.24. The van der Waals surface area contributed by atoms with Crippen LogP contribution in [0.5, 0.6) is 0 Å². The third-order valence-corrected chi connectivity index (χ3v) is 3.74. The largest absolute Gasteiger partial charge is 0.326 e. The predicted octanol–water partition coefficient (Wildman–Crippen LogP) is 1.93. The van der Waals surface area contributed by atoms with Crippen LogP contribution in [0.3, 0.4) is 0 Å². The van der Waals surface area contributed by atoms with E-state index >= 15 is 0 Å². The van der Waals surface area contributed by atoms with Crippen molar-refractivity contribution >= 4 is 22.9 Å². The number of hydrogen-bond acceptors (Lipinski definition) is 3. The Morgan fingerprint density at radius 2 is 2.54 bits per heavy atom. The van der Waals surface area contributed by atoms with Crippen LogP contribution >= 0.6 is 22.9 Å². The number of rotatable bonds is 2. The van der Waals surface area contributed by atoms with Gasteiger partial charge in [-0.1, -0.05) is 11.6 Å². The Balaban J connectivity index is 1.95. The van der Waals surface area contributed by atoms with Gasteiger partial charge >= 0.3 is 0 Å². The average Bonchev–Trinajstić information content (AvgIpc) is 2.64. The Bertz CT molecular complexity index is 287. The first kappa shape index (κ1) is 9.46. The molecule has 0 saturated carbocycles. The molecule has 0 unspecified atom stereocenters. The first-order valence-corrected chi connectivity index (χ1v) is 5.71. The quantitative estimate of drug-likeness (QED) is 0.819. The van der Waals surface area contributed by atoms with Gasteiger partial charge in [0.15, 0.2) is 0 Å². The first-order valence-electron chi connectivity index (χ1n) is 4.45. The van der Waals surface area contributed by atoms with Crippen molar-refractivity contribution in [2.75, 3.05) is 13.1 Å². The van der Waals surface area contributed by atoms with Gasteiger partial charge in [-0.15, -0.1) is 11.3 Å². The fourth-order valence-electron chi connectivity index (χ4n) is 1.65. The smallest absolute Gasteiger partial charge is 0.0558 e. The number of nitrogens with two attached hydrogens (primary N) is 1. The second kappa shape index (κ2) is 3.96. The van der Waals surface area contributed by atoms with E-state index < -0.39 is 0 Å². The maximum absolute atomic E-state index is 6.01. The molecule has 0 amide bonds. The molecular weight excluding hydrogens is 204 g/mol. The van der Waals surface area contributed by atoms with Crippen molar-refractivity contribution < 1.29 is 0 Å². The van der Waals surface area contributed by atoms with E-state index in [4.69, 9.17) is 17.3 Å². The van der Waals surface area contributed by atoms with Crippen LogP contribution in [0, 0.1) is 0 Å². The lowest BCUT2D eigenvalue weighted by atomic mass is 10.3. The van der Waals surface area contributed by atoms with Gasteiger partial charge in [0.2, 0.25) is 0 Å². The summed E-state index contributed by atoms with van der Waals surface area (Å²) in [7, 11) is 0. The van der Waals surface area contributed by atoms with Crippen LogP contribution in [0.4, 0.5) is 0 Å². The first-order chi connectivity index (χ1) is 6.25. The van der Waals surface area contributed by atoms with E-state index in [0.717, 1.165) is 31.1 Å². The van der Waals surface area contributed by atoms with Gasteiger partial charge in [0.25, 0.3) is 0 Å². The Morgan fingerprint density at radius 3 is 3.08 bits per heavy atom. The van der Waals surface area contributed by atoms with E-state index in [-0.39, 0.29) is 0 Å². The minimum atomic E-state index is 0.360. The molecule has 0 spiro atoms. The lowest BCUT2D eigenvalue weighted by molar-refractivity contribution is 0.330.